The Labute approximate surface area is 236 Å². The fraction of sp³-hybridized carbons (Fsp3) is 0.531. The van der Waals surface area contributed by atoms with Crippen molar-refractivity contribution in [1.82, 2.24) is 15.5 Å². The highest BCUT2D eigenvalue weighted by Crippen LogP contribution is 2.49. The van der Waals surface area contributed by atoms with Gasteiger partial charge in [0.05, 0.1) is 30.3 Å². The number of carbonyl (C=O) groups excluding carboxylic acids is 2. The first-order valence-corrected chi connectivity index (χ1v) is 14.6. The number of rotatable bonds is 10. The number of aliphatic hydroxyl groups is 1. The molecule has 2 fully saturated rings. The van der Waals surface area contributed by atoms with Crippen LogP contribution in [0.1, 0.15) is 74.2 Å². The monoisotopic (exact) mass is 544 g/mol. The molecule has 212 valence electrons. The molecule has 2 aliphatic heterocycles. The fourth-order valence-electron chi connectivity index (χ4n) is 6.19. The average Bonchev–Trinajstić information content (AvgIpc) is 3.26. The van der Waals surface area contributed by atoms with Crippen molar-refractivity contribution in [3.05, 3.63) is 64.7 Å². The van der Waals surface area contributed by atoms with Crippen LogP contribution in [0.2, 0.25) is 0 Å². The molecule has 8 heteroatoms. The summed E-state index contributed by atoms with van der Waals surface area (Å²) in [5, 5.41) is 27.4. The number of hydrogen-bond acceptors (Lipinski definition) is 6. The number of likely N-dealkylation sites (tertiary alicyclic amines) is 1. The van der Waals surface area contributed by atoms with Gasteiger partial charge in [0, 0.05) is 37.0 Å². The highest BCUT2D eigenvalue weighted by atomic mass is 16.5. The van der Waals surface area contributed by atoms with Gasteiger partial charge in [0.25, 0.3) is 0 Å². The molecule has 1 unspecified atom stereocenters. The van der Waals surface area contributed by atoms with E-state index in [9.17, 15) is 20.0 Å². The molecule has 0 aromatic heterocycles. The molecule has 3 aliphatic rings. The van der Waals surface area contributed by atoms with Gasteiger partial charge in [-0.15, -0.1) is 0 Å². The van der Waals surface area contributed by atoms with Crippen LogP contribution in [0.25, 0.3) is 0 Å². The lowest BCUT2D eigenvalue weighted by atomic mass is 9.72. The molecular formula is C32H40N4O4. The van der Waals surface area contributed by atoms with Gasteiger partial charge >= 0.3 is 0 Å². The first-order valence-electron chi connectivity index (χ1n) is 14.6. The summed E-state index contributed by atoms with van der Waals surface area (Å²) >= 11 is 0. The third-order valence-electron chi connectivity index (χ3n) is 8.82. The summed E-state index contributed by atoms with van der Waals surface area (Å²) in [6, 6.07) is 15.2. The lowest BCUT2D eigenvalue weighted by molar-refractivity contribution is -0.135. The number of amides is 2. The van der Waals surface area contributed by atoms with Gasteiger partial charge in [-0.05, 0) is 67.9 Å². The molecule has 2 heterocycles. The number of hydrogen-bond donors (Lipinski definition) is 3. The Hall–Kier alpha value is -3.41. The molecule has 1 saturated carbocycles. The van der Waals surface area contributed by atoms with Crippen molar-refractivity contribution in [3.8, 4) is 11.8 Å². The van der Waals surface area contributed by atoms with Crippen LogP contribution in [0.15, 0.2) is 42.5 Å². The molecule has 40 heavy (non-hydrogen) atoms. The van der Waals surface area contributed by atoms with Gasteiger partial charge < -0.3 is 25.4 Å². The van der Waals surface area contributed by atoms with E-state index in [0.29, 0.717) is 18.5 Å². The number of aliphatic hydroxyl groups excluding tert-OH is 1. The van der Waals surface area contributed by atoms with Crippen molar-refractivity contribution in [2.75, 3.05) is 19.6 Å². The first-order chi connectivity index (χ1) is 19.3. The molecule has 0 radical (unpaired) electrons. The first kappa shape index (κ1) is 28.1. The second-order valence-electron chi connectivity index (χ2n) is 11.7. The Morgan fingerprint density at radius 1 is 1.25 bits per heavy atom. The van der Waals surface area contributed by atoms with E-state index in [4.69, 9.17) is 4.74 Å². The third-order valence-corrected chi connectivity index (χ3v) is 8.82. The van der Waals surface area contributed by atoms with E-state index < -0.39 is 12.1 Å². The smallest absolute Gasteiger partial charge is 0.239 e. The molecule has 5 rings (SSSR count). The average molecular weight is 545 g/mol. The van der Waals surface area contributed by atoms with E-state index in [0.717, 1.165) is 55.4 Å². The van der Waals surface area contributed by atoms with Gasteiger partial charge in [-0.3, -0.25) is 9.59 Å². The molecule has 0 bridgehead atoms. The van der Waals surface area contributed by atoms with Gasteiger partial charge in [-0.1, -0.05) is 38.1 Å². The maximum atomic E-state index is 13.0. The van der Waals surface area contributed by atoms with Crippen LogP contribution in [0.5, 0.6) is 5.75 Å². The largest absolute Gasteiger partial charge is 0.487 e. The summed E-state index contributed by atoms with van der Waals surface area (Å²) in [6.07, 6.45) is 5.22. The second kappa shape index (κ2) is 12.0. The highest BCUT2D eigenvalue weighted by Gasteiger charge is 2.45. The number of benzene rings is 2. The number of ether oxygens (including phenoxy) is 1. The Balaban J connectivity index is 1.30. The Morgan fingerprint density at radius 3 is 2.75 bits per heavy atom. The normalized spacial score (nSPS) is 22.6. The molecule has 4 atom stereocenters. The Kier molecular flexibility index (Phi) is 8.43. The van der Waals surface area contributed by atoms with E-state index >= 15 is 0 Å². The predicted octanol–water partition coefficient (Wildman–Crippen LogP) is 3.41. The maximum Gasteiger partial charge on any atom is 0.239 e. The minimum Gasteiger partial charge on any atom is -0.487 e. The predicted molar refractivity (Wildman–Crippen MR) is 152 cm³/mol. The minimum atomic E-state index is -0.888. The van der Waals surface area contributed by atoms with Crippen molar-refractivity contribution in [2.45, 2.75) is 82.6 Å². The minimum absolute atomic E-state index is 0.00908. The van der Waals surface area contributed by atoms with Crippen LogP contribution in [0, 0.1) is 17.2 Å². The molecule has 1 spiro atoms. The van der Waals surface area contributed by atoms with E-state index in [2.05, 4.69) is 41.8 Å². The van der Waals surface area contributed by atoms with Crippen LogP contribution < -0.4 is 15.4 Å². The molecule has 8 nitrogen and oxygen atoms in total. The Morgan fingerprint density at radius 2 is 2.08 bits per heavy atom. The van der Waals surface area contributed by atoms with E-state index in [1.165, 1.54) is 5.56 Å². The number of carbonyl (C=O) groups is 2. The number of nitrogens with zero attached hydrogens (tertiary/aromatic N) is 2. The summed E-state index contributed by atoms with van der Waals surface area (Å²) in [5.41, 5.74) is 3.60. The molecule has 2 aromatic rings. The summed E-state index contributed by atoms with van der Waals surface area (Å²) in [6.45, 7) is 4.84. The molecule has 1 aliphatic carbocycles. The van der Waals surface area contributed by atoms with Gasteiger partial charge in [-0.2, -0.15) is 5.26 Å². The van der Waals surface area contributed by atoms with Gasteiger partial charge in [0.15, 0.2) is 0 Å². The zero-order chi connectivity index (χ0) is 28.3. The van der Waals surface area contributed by atoms with Crippen LogP contribution in [-0.2, 0) is 22.4 Å². The van der Waals surface area contributed by atoms with Crippen molar-refractivity contribution in [1.29, 1.82) is 5.26 Å². The van der Waals surface area contributed by atoms with Crippen LogP contribution >= 0.6 is 0 Å². The molecule has 2 amide bonds. The highest BCUT2D eigenvalue weighted by molar-refractivity contribution is 5.87. The van der Waals surface area contributed by atoms with Gasteiger partial charge in [0.1, 0.15) is 11.4 Å². The maximum absolute atomic E-state index is 13.0. The standard InChI is InChI=1S/C32H40N4O4/c1-3-22-8-9-29-25(15-22)27(17-32(40-29)11-5-12-32)34-19-28(37)26(16-23-6-4-7-24(14-23)18-33)35-30(38)20-36-13-10-21(2)31(36)39/h4,6-9,14-15,21,26-28,34,37H,3,5,10-13,16-17,19-20H2,1-2H3,(H,35,38)/t21?,26-,27-,28+/m0/s1. The molecule has 1 saturated heterocycles. The number of nitriles is 1. The third kappa shape index (κ3) is 6.16. The van der Waals surface area contributed by atoms with Gasteiger partial charge in [0.2, 0.25) is 11.8 Å². The second-order valence-corrected chi connectivity index (χ2v) is 11.7. The summed E-state index contributed by atoms with van der Waals surface area (Å²) in [7, 11) is 0. The number of nitrogens with one attached hydrogen (secondary N) is 2. The van der Waals surface area contributed by atoms with Crippen molar-refractivity contribution in [3.63, 3.8) is 0 Å². The lowest BCUT2D eigenvalue weighted by Crippen LogP contribution is -2.53. The van der Waals surface area contributed by atoms with Crippen molar-refractivity contribution >= 4 is 11.8 Å². The summed E-state index contributed by atoms with van der Waals surface area (Å²) < 4.78 is 6.45. The zero-order valence-corrected chi connectivity index (χ0v) is 23.5. The Bertz CT molecular complexity index is 1280. The SMILES string of the molecule is CCc1ccc2c(c1)[C@@H](NC[C@@H](O)[C@H](Cc1cccc(C#N)c1)NC(=O)CN1CCC(C)C1=O)CC1(CCC1)O2. The van der Waals surface area contributed by atoms with Crippen LogP contribution in [-0.4, -0.2) is 59.2 Å². The molecular weight excluding hydrogens is 504 g/mol. The molecule has 3 N–H and O–H groups in total. The lowest BCUT2D eigenvalue weighted by Gasteiger charge is -2.48. The van der Waals surface area contributed by atoms with E-state index in [1.807, 2.05) is 19.1 Å². The summed E-state index contributed by atoms with van der Waals surface area (Å²) in [4.78, 5) is 27.0. The van der Waals surface area contributed by atoms with Crippen molar-refractivity contribution in [2.24, 2.45) is 5.92 Å². The van der Waals surface area contributed by atoms with Crippen LogP contribution in [0.4, 0.5) is 0 Å². The quantitative estimate of drug-likeness (QED) is 0.422. The molecule has 2 aromatic carbocycles. The van der Waals surface area contributed by atoms with Crippen LogP contribution in [0.3, 0.4) is 0 Å². The summed E-state index contributed by atoms with van der Waals surface area (Å²) in [5.74, 6) is 0.546. The van der Waals surface area contributed by atoms with E-state index in [1.54, 1.807) is 17.0 Å². The number of fused-ring (bicyclic) bond motifs is 1. The topological polar surface area (TPSA) is 115 Å². The van der Waals surface area contributed by atoms with E-state index in [-0.39, 0.29) is 42.5 Å². The van der Waals surface area contributed by atoms with Crippen molar-refractivity contribution < 1.29 is 19.4 Å². The fourth-order valence-corrected chi connectivity index (χ4v) is 6.19. The van der Waals surface area contributed by atoms with Gasteiger partial charge in [-0.25, -0.2) is 0 Å². The zero-order valence-electron chi connectivity index (χ0n) is 23.5. The number of aryl methyl sites for hydroxylation is 1.